The molecule has 0 unspecified atom stereocenters. The maximum absolute atomic E-state index is 13.0. The molecule has 0 radical (unpaired) electrons. The number of nitrogens with zero attached hydrogens (tertiary/aromatic N) is 1. The van der Waals surface area contributed by atoms with E-state index in [-0.39, 0.29) is 17.0 Å². The van der Waals surface area contributed by atoms with Gasteiger partial charge in [0.1, 0.15) is 5.56 Å². The molecule has 4 nitrogen and oxygen atoms in total. The molecule has 0 spiro atoms. The van der Waals surface area contributed by atoms with Crippen LogP contribution in [0.3, 0.4) is 0 Å². The third-order valence-corrected chi connectivity index (χ3v) is 5.46. The smallest absolute Gasteiger partial charge is 0.263 e. The number of aromatic nitrogens is 1. The third kappa shape index (κ3) is 4.70. The summed E-state index contributed by atoms with van der Waals surface area (Å²) in [5.74, 6) is -0.339. The minimum absolute atomic E-state index is 0.189. The largest absolute Gasteiger partial charge is 0.348 e. The number of hydrogen-bond acceptors (Lipinski definition) is 2. The predicted molar refractivity (Wildman–Crippen MR) is 122 cm³/mol. The Balaban J connectivity index is 1.99. The molecule has 0 fully saturated rings. The second-order valence-electron chi connectivity index (χ2n) is 6.59. The molecule has 3 rings (SSSR count). The number of hydrogen-bond donors (Lipinski definition) is 1. The van der Waals surface area contributed by atoms with Gasteiger partial charge >= 0.3 is 0 Å². The Labute approximate surface area is 178 Å². The van der Waals surface area contributed by atoms with Crippen molar-refractivity contribution in [2.24, 2.45) is 0 Å². The first kappa shape index (κ1) is 20.3. The van der Waals surface area contributed by atoms with Crippen LogP contribution in [0.1, 0.15) is 28.0 Å². The number of rotatable bonds is 7. The lowest BCUT2D eigenvalue weighted by molar-refractivity contribution is 0.0948. The summed E-state index contributed by atoms with van der Waals surface area (Å²) in [6.07, 6.45) is 0.880. The van der Waals surface area contributed by atoms with Crippen LogP contribution in [0.2, 0.25) is 0 Å². The lowest BCUT2D eigenvalue weighted by atomic mass is 10.0. The van der Waals surface area contributed by atoms with E-state index in [1.165, 1.54) is 0 Å². The summed E-state index contributed by atoms with van der Waals surface area (Å²) in [7, 11) is 0. The van der Waals surface area contributed by atoms with Gasteiger partial charge in [-0.25, -0.2) is 0 Å². The second kappa shape index (κ2) is 9.68. The van der Waals surface area contributed by atoms with Gasteiger partial charge in [-0.3, -0.25) is 9.59 Å². The van der Waals surface area contributed by atoms with E-state index in [0.717, 1.165) is 33.2 Å². The van der Waals surface area contributed by atoms with E-state index < -0.39 is 0 Å². The highest BCUT2D eigenvalue weighted by atomic mass is 127. The summed E-state index contributed by atoms with van der Waals surface area (Å²) < 4.78 is 2.69. The molecule has 1 aromatic heterocycles. The molecule has 0 aliphatic heterocycles. The predicted octanol–water partition coefficient (Wildman–Crippen LogP) is 4.58. The SMILES string of the molecule is Cc1c(-c2ccccc2)cc(C(=O)NCc2ccccc2)c(=O)n1CCCI. The molecule has 0 aliphatic rings. The van der Waals surface area contributed by atoms with Gasteiger partial charge in [-0.15, -0.1) is 0 Å². The first-order valence-corrected chi connectivity index (χ1v) is 10.8. The van der Waals surface area contributed by atoms with Crippen LogP contribution >= 0.6 is 22.6 Å². The van der Waals surface area contributed by atoms with Crippen molar-refractivity contribution < 1.29 is 4.79 Å². The molecule has 1 amide bonds. The molecular formula is C23H23IN2O2. The van der Waals surface area contributed by atoms with Crippen molar-refractivity contribution in [2.75, 3.05) is 4.43 Å². The maximum atomic E-state index is 13.0. The monoisotopic (exact) mass is 486 g/mol. The highest BCUT2D eigenvalue weighted by molar-refractivity contribution is 14.1. The molecule has 144 valence electrons. The fraction of sp³-hybridized carbons (Fsp3) is 0.217. The average Bonchev–Trinajstić information content (AvgIpc) is 2.73. The number of amides is 1. The first-order valence-electron chi connectivity index (χ1n) is 9.29. The van der Waals surface area contributed by atoms with Crippen molar-refractivity contribution in [3.63, 3.8) is 0 Å². The summed E-state index contributed by atoms with van der Waals surface area (Å²) in [6.45, 7) is 2.94. The van der Waals surface area contributed by atoms with E-state index in [2.05, 4.69) is 27.9 Å². The number of nitrogens with one attached hydrogen (secondary N) is 1. The number of benzene rings is 2. The summed E-state index contributed by atoms with van der Waals surface area (Å²) in [5.41, 5.74) is 3.76. The summed E-state index contributed by atoms with van der Waals surface area (Å²) >= 11 is 2.31. The van der Waals surface area contributed by atoms with Gasteiger partial charge in [0, 0.05) is 28.8 Å². The minimum atomic E-state index is -0.339. The van der Waals surface area contributed by atoms with Gasteiger partial charge in [0.25, 0.3) is 11.5 Å². The Kier molecular flexibility index (Phi) is 7.03. The quantitative estimate of drug-likeness (QED) is 0.393. The van der Waals surface area contributed by atoms with Crippen LogP contribution in [0.25, 0.3) is 11.1 Å². The lowest BCUT2D eigenvalue weighted by Gasteiger charge is -2.16. The van der Waals surface area contributed by atoms with Crippen LogP contribution in [0.4, 0.5) is 0 Å². The second-order valence-corrected chi connectivity index (χ2v) is 7.67. The fourth-order valence-corrected chi connectivity index (χ4v) is 3.53. The molecule has 0 saturated carbocycles. The molecule has 2 aromatic carbocycles. The summed E-state index contributed by atoms with van der Waals surface area (Å²) in [6, 6.07) is 21.3. The molecule has 3 aromatic rings. The van der Waals surface area contributed by atoms with Crippen molar-refractivity contribution in [3.8, 4) is 11.1 Å². The van der Waals surface area contributed by atoms with Gasteiger partial charge in [-0.2, -0.15) is 0 Å². The fourth-order valence-electron chi connectivity index (χ4n) is 3.19. The number of carbonyl (C=O) groups is 1. The molecular weight excluding hydrogens is 463 g/mol. The number of pyridine rings is 1. The average molecular weight is 486 g/mol. The van der Waals surface area contributed by atoms with Gasteiger partial charge in [-0.1, -0.05) is 83.3 Å². The highest BCUT2D eigenvalue weighted by Gasteiger charge is 2.18. The zero-order valence-corrected chi connectivity index (χ0v) is 18.0. The van der Waals surface area contributed by atoms with Gasteiger partial charge in [0.2, 0.25) is 0 Å². The van der Waals surface area contributed by atoms with Crippen LogP contribution < -0.4 is 10.9 Å². The van der Waals surface area contributed by atoms with E-state index in [0.29, 0.717) is 13.1 Å². The van der Waals surface area contributed by atoms with Crippen LogP contribution in [0, 0.1) is 6.92 Å². The van der Waals surface area contributed by atoms with Crippen molar-refractivity contribution in [3.05, 3.63) is 93.9 Å². The Bertz CT molecular complexity index is 998. The number of halogens is 1. The third-order valence-electron chi connectivity index (χ3n) is 4.70. The molecule has 0 bridgehead atoms. The standard InChI is InChI=1S/C23H23IN2O2/c1-17-20(19-11-6-3-7-12-19)15-21(23(28)26(17)14-8-13-24)22(27)25-16-18-9-4-2-5-10-18/h2-7,9-12,15H,8,13-14,16H2,1H3,(H,25,27). The van der Waals surface area contributed by atoms with Gasteiger partial charge in [0.05, 0.1) is 0 Å². The normalized spacial score (nSPS) is 10.6. The molecule has 28 heavy (non-hydrogen) atoms. The highest BCUT2D eigenvalue weighted by Crippen LogP contribution is 2.23. The molecule has 5 heteroatoms. The zero-order valence-electron chi connectivity index (χ0n) is 15.8. The topological polar surface area (TPSA) is 51.1 Å². The molecule has 0 atom stereocenters. The van der Waals surface area contributed by atoms with E-state index in [1.807, 2.05) is 67.6 Å². The van der Waals surface area contributed by atoms with Crippen LogP contribution in [-0.4, -0.2) is 14.9 Å². The van der Waals surface area contributed by atoms with Crippen molar-refractivity contribution >= 4 is 28.5 Å². The lowest BCUT2D eigenvalue weighted by Crippen LogP contribution is -2.34. The van der Waals surface area contributed by atoms with Crippen molar-refractivity contribution in [1.82, 2.24) is 9.88 Å². The van der Waals surface area contributed by atoms with E-state index in [1.54, 1.807) is 10.6 Å². The van der Waals surface area contributed by atoms with Crippen LogP contribution in [0.15, 0.2) is 71.5 Å². The summed E-state index contributed by atoms with van der Waals surface area (Å²) in [4.78, 5) is 25.9. The van der Waals surface area contributed by atoms with Crippen LogP contribution in [0.5, 0.6) is 0 Å². The van der Waals surface area contributed by atoms with E-state index >= 15 is 0 Å². The Morgan fingerprint density at radius 3 is 2.32 bits per heavy atom. The zero-order chi connectivity index (χ0) is 19.9. The van der Waals surface area contributed by atoms with Crippen LogP contribution in [-0.2, 0) is 13.1 Å². The molecule has 0 aliphatic carbocycles. The Morgan fingerprint density at radius 2 is 1.68 bits per heavy atom. The van der Waals surface area contributed by atoms with Gasteiger partial charge in [0.15, 0.2) is 0 Å². The molecule has 1 N–H and O–H groups in total. The summed E-state index contributed by atoms with van der Waals surface area (Å²) in [5, 5.41) is 2.88. The Morgan fingerprint density at radius 1 is 1.04 bits per heavy atom. The maximum Gasteiger partial charge on any atom is 0.263 e. The number of alkyl halides is 1. The molecule has 0 saturated heterocycles. The Hall–Kier alpha value is -2.41. The van der Waals surface area contributed by atoms with E-state index in [4.69, 9.17) is 0 Å². The number of carbonyl (C=O) groups excluding carboxylic acids is 1. The minimum Gasteiger partial charge on any atom is -0.348 e. The first-order chi connectivity index (χ1) is 13.6. The van der Waals surface area contributed by atoms with Gasteiger partial charge < -0.3 is 9.88 Å². The van der Waals surface area contributed by atoms with Gasteiger partial charge in [-0.05, 0) is 30.5 Å². The molecule has 1 heterocycles. The van der Waals surface area contributed by atoms with Crippen molar-refractivity contribution in [1.29, 1.82) is 0 Å². The van der Waals surface area contributed by atoms with Crippen molar-refractivity contribution in [2.45, 2.75) is 26.4 Å². The van der Waals surface area contributed by atoms with E-state index in [9.17, 15) is 9.59 Å².